The number of nitrogens with one attached hydrogen (secondary N) is 2. The normalized spacial score (nSPS) is 16.3. The number of carboxylic acid groups (broad SMARTS) is 1. The number of carboxylic acids is 1. The molecule has 0 radical (unpaired) electrons. The molecule has 3 N–H and O–H groups in total. The number of carbonyl (C=O) groups is 1. The molecule has 2 aliphatic heterocycles. The molecule has 0 fully saturated rings. The van der Waals surface area contributed by atoms with Crippen LogP contribution in [0, 0.1) is 5.82 Å². The summed E-state index contributed by atoms with van der Waals surface area (Å²) in [6.45, 7) is 0. The number of hydrogen-bond donors (Lipinski definition) is 3. The van der Waals surface area contributed by atoms with Gasteiger partial charge in [0.2, 0.25) is 0 Å². The highest BCUT2D eigenvalue weighted by Crippen LogP contribution is 2.34. The molecule has 0 aliphatic carbocycles. The Hall–Kier alpha value is -2.46. The number of benzene rings is 1. The average Bonchev–Trinajstić information content (AvgIpc) is 2.94. The maximum Gasteiger partial charge on any atom is 0.337 e. The second-order valence-electron chi connectivity index (χ2n) is 4.54. The Morgan fingerprint density at radius 1 is 1.39 bits per heavy atom. The highest BCUT2D eigenvalue weighted by atomic mass is 32.2. The van der Waals surface area contributed by atoms with Crippen molar-refractivity contribution in [1.29, 1.82) is 0 Å². The van der Waals surface area contributed by atoms with Crippen LogP contribution in [0.2, 0.25) is 0 Å². The molecule has 1 aromatic rings. The van der Waals surface area contributed by atoms with Crippen LogP contribution in [0.4, 0.5) is 10.1 Å². The summed E-state index contributed by atoms with van der Waals surface area (Å²) in [4.78, 5) is 11.1. The summed E-state index contributed by atoms with van der Waals surface area (Å²) in [5, 5.41) is 9.10. The molecule has 0 atom stereocenters. The van der Waals surface area contributed by atoms with Gasteiger partial charge in [-0.15, -0.1) is 0 Å². The zero-order chi connectivity index (χ0) is 16.6. The number of aromatic carboxylic acids is 1. The summed E-state index contributed by atoms with van der Waals surface area (Å²) in [6.07, 6.45) is 6.08. The number of fused-ring (bicyclic) bond motifs is 1. The first-order valence-corrected chi connectivity index (χ1v) is 8.50. The van der Waals surface area contributed by atoms with E-state index in [2.05, 4.69) is 9.44 Å². The molecule has 0 saturated heterocycles. The number of halogens is 1. The molecule has 2 heterocycles. The maximum absolute atomic E-state index is 13.4. The van der Waals surface area contributed by atoms with Crippen LogP contribution in [-0.2, 0) is 10.0 Å². The highest BCUT2D eigenvalue weighted by molar-refractivity contribution is 7.97. The predicted molar refractivity (Wildman–Crippen MR) is 83.8 cm³/mol. The second kappa shape index (κ2) is 5.63. The van der Waals surface area contributed by atoms with Gasteiger partial charge in [-0.2, -0.15) is 0 Å². The third-order valence-corrected chi connectivity index (χ3v) is 5.20. The lowest BCUT2D eigenvalue weighted by molar-refractivity contribution is 0.0698. The molecule has 7 nitrogen and oxygen atoms in total. The molecule has 0 saturated carbocycles. The first kappa shape index (κ1) is 15.4. The molecule has 0 spiro atoms. The monoisotopic (exact) mass is 355 g/mol. The fourth-order valence-corrected chi connectivity index (χ4v) is 4.03. The molecular formula is C13H10FN3O4S2. The van der Waals surface area contributed by atoms with Gasteiger partial charge in [0.05, 0.1) is 29.1 Å². The third kappa shape index (κ3) is 2.90. The van der Waals surface area contributed by atoms with Crippen molar-refractivity contribution in [2.45, 2.75) is 0 Å². The number of rotatable bonds is 4. The number of anilines is 1. The van der Waals surface area contributed by atoms with E-state index in [1.165, 1.54) is 30.5 Å². The highest BCUT2D eigenvalue weighted by Gasteiger charge is 2.30. The van der Waals surface area contributed by atoms with Gasteiger partial charge in [0.1, 0.15) is 10.7 Å². The van der Waals surface area contributed by atoms with Crippen molar-refractivity contribution in [3.8, 4) is 0 Å². The molecule has 2 aliphatic rings. The molecule has 10 heteroatoms. The van der Waals surface area contributed by atoms with E-state index in [-0.39, 0.29) is 16.2 Å². The van der Waals surface area contributed by atoms with Gasteiger partial charge >= 0.3 is 5.97 Å². The Labute approximate surface area is 135 Å². The standard InChI is InChI=1S/C13H10FN3O4S2/c14-8-3-4-9(13(18)19)10(6-8)16-23(20,21)12-2-1-5-17-11(12)7-15-22-17/h1-7,15-16H,(H,18,19). The lowest BCUT2D eigenvalue weighted by Crippen LogP contribution is -2.22. The summed E-state index contributed by atoms with van der Waals surface area (Å²) >= 11 is 1.18. The van der Waals surface area contributed by atoms with E-state index in [4.69, 9.17) is 5.11 Å². The van der Waals surface area contributed by atoms with Crippen molar-refractivity contribution in [3.63, 3.8) is 0 Å². The van der Waals surface area contributed by atoms with Crippen LogP contribution < -0.4 is 9.44 Å². The van der Waals surface area contributed by atoms with Crippen LogP contribution in [0.25, 0.3) is 0 Å². The van der Waals surface area contributed by atoms with Crippen molar-refractivity contribution in [2.24, 2.45) is 0 Å². The van der Waals surface area contributed by atoms with Gasteiger partial charge in [0, 0.05) is 12.4 Å². The summed E-state index contributed by atoms with van der Waals surface area (Å²) in [7, 11) is -4.10. The Morgan fingerprint density at radius 2 is 2.17 bits per heavy atom. The van der Waals surface area contributed by atoms with E-state index >= 15 is 0 Å². The molecule has 0 bridgehead atoms. The number of allylic oxidation sites excluding steroid dienone is 2. The predicted octanol–water partition coefficient (Wildman–Crippen LogP) is 1.99. The Balaban J connectivity index is 2.00. The molecule has 0 aromatic heterocycles. The van der Waals surface area contributed by atoms with Gasteiger partial charge in [0.15, 0.2) is 0 Å². The Kier molecular flexibility index (Phi) is 3.78. The fourth-order valence-electron chi connectivity index (χ4n) is 2.05. The van der Waals surface area contributed by atoms with Crippen molar-refractivity contribution in [2.75, 3.05) is 4.72 Å². The Bertz CT molecular complexity index is 877. The quantitative estimate of drug-likeness (QED) is 0.710. The summed E-state index contributed by atoms with van der Waals surface area (Å²) in [5.74, 6) is -2.11. The number of nitrogens with zero attached hydrogens (tertiary/aromatic N) is 1. The zero-order valence-corrected chi connectivity index (χ0v) is 13.0. The molecule has 0 unspecified atom stereocenters. The van der Waals surface area contributed by atoms with Gasteiger partial charge in [-0.3, -0.25) is 9.03 Å². The third-order valence-electron chi connectivity index (χ3n) is 3.05. The number of hydrogen-bond acceptors (Lipinski definition) is 6. The molecular weight excluding hydrogens is 345 g/mol. The van der Waals surface area contributed by atoms with E-state index in [0.29, 0.717) is 5.70 Å². The van der Waals surface area contributed by atoms with Crippen LogP contribution >= 0.6 is 12.1 Å². The van der Waals surface area contributed by atoms with Gasteiger partial charge < -0.3 is 9.83 Å². The largest absolute Gasteiger partial charge is 0.478 e. The summed E-state index contributed by atoms with van der Waals surface area (Å²) < 4.78 is 45.0. The minimum Gasteiger partial charge on any atom is -0.478 e. The van der Waals surface area contributed by atoms with Crippen molar-refractivity contribution in [3.05, 3.63) is 64.7 Å². The minimum atomic E-state index is -4.10. The lowest BCUT2D eigenvalue weighted by atomic mass is 10.2. The first-order valence-electron chi connectivity index (χ1n) is 6.25. The van der Waals surface area contributed by atoms with Gasteiger partial charge in [-0.25, -0.2) is 17.6 Å². The van der Waals surface area contributed by atoms with E-state index in [9.17, 15) is 17.6 Å². The van der Waals surface area contributed by atoms with Crippen LogP contribution in [0.3, 0.4) is 0 Å². The molecule has 120 valence electrons. The average molecular weight is 355 g/mol. The summed E-state index contributed by atoms with van der Waals surface area (Å²) in [5.41, 5.74) is -0.288. The van der Waals surface area contributed by atoms with E-state index < -0.39 is 21.8 Å². The van der Waals surface area contributed by atoms with Crippen LogP contribution in [-0.4, -0.2) is 23.8 Å². The van der Waals surface area contributed by atoms with Gasteiger partial charge in [-0.1, -0.05) is 0 Å². The smallest absolute Gasteiger partial charge is 0.337 e. The van der Waals surface area contributed by atoms with Crippen LogP contribution in [0.5, 0.6) is 0 Å². The molecule has 1 aromatic carbocycles. The van der Waals surface area contributed by atoms with Crippen LogP contribution in [0.1, 0.15) is 10.4 Å². The molecule has 3 rings (SSSR count). The van der Waals surface area contributed by atoms with E-state index in [0.717, 1.165) is 18.2 Å². The van der Waals surface area contributed by atoms with Crippen molar-refractivity contribution < 1.29 is 22.7 Å². The topological polar surface area (TPSA) is 98.7 Å². The fraction of sp³-hybridized carbons (Fsp3) is 0. The second-order valence-corrected chi connectivity index (χ2v) is 7.00. The van der Waals surface area contributed by atoms with Gasteiger partial charge in [-0.05, 0) is 30.4 Å². The molecule has 0 amide bonds. The van der Waals surface area contributed by atoms with Gasteiger partial charge in [0.25, 0.3) is 10.0 Å². The van der Waals surface area contributed by atoms with E-state index in [1.807, 2.05) is 0 Å². The maximum atomic E-state index is 13.4. The SMILES string of the molecule is O=C(O)c1ccc(F)cc1NS(=O)(=O)C1=CC=CN2SNC=C12. The summed E-state index contributed by atoms with van der Waals surface area (Å²) in [6, 6.07) is 2.78. The van der Waals surface area contributed by atoms with Crippen molar-refractivity contribution in [1.82, 2.24) is 9.03 Å². The van der Waals surface area contributed by atoms with E-state index in [1.54, 1.807) is 10.5 Å². The minimum absolute atomic E-state index is 0.0573. The number of sulfonamides is 1. The van der Waals surface area contributed by atoms with Crippen molar-refractivity contribution >= 4 is 33.8 Å². The Morgan fingerprint density at radius 3 is 2.91 bits per heavy atom. The lowest BCUT2D eigenvalue weighted by Gasteiger charge is -2.21. The first-order chi connectivity index (χ1) is 10.9. The zero-order valence-electron chi connectivity index (χ0n) is 11.4. The molecule has 23 heavy (non-hydrogen) atoms. The van der Waals surface area contributed by atoms with Crippen LogP contribution in [0.15, 0.2) is 53.4 Å².